The molecule has 0 heterocycles. The van der Waals surface area contributed by atoms with Crippen LogP contribution < -0.4 is 9.05 Å². The maximum Gasteiger partial charge on any atom is 0.438 e. The monoisotopic (exact) mass is 346 g/mol. The molecule has 0 saturated carbocycles. The molecular weight excluding hydrogens is 323 g/mol. The van der Waals surface area contributed by atoms with Crippen molar-refractivity contribution in [1.29, 1.82) is 0 Å². The van der Waals surface area contributed by atoms with Crippen LogP contribution in [0.5, 0.6) is 11.5 Å². The van der Waals surface area contributed by atoms with E-state index in [1.807, 2.05) is 52.0 Å². The summed E-state index contributed by atoms with van der Waals surface area (Å²) >= 11 is 0. The molecule has 0 spiro atoms. The Morgan fingerprint density at radius 2 is 1.29 bits per heavy atom. The third-order valence-electron chi connectivity index (χ3n) is 3.55. The van der Waals surface area contributed by atoms with E-state index in [4.69, 9.17) is 9.05 Å². The van der Waals surface area contributed by atoms with Gasteiger partial charge in [-0.05, 0) is 57.9 Å². The minimum absolute atomic E-state index is 0.243. The summed E-state index contributed by atoms with van der Waals surface area (Å²) in [4.78, 5) is 11.6. The first-order valence-corrected chi connectivity index (χ1v) is 9.53. The van der Waals surface area contributed by atoms with Crippen molar-refractivity contribution in [1.82, 2.24) is 0 Å². The summed E-state index contributed by atoms with van der Waals surface area (Å²) < 4.78 is 24.6. The van der Waals surface area contributed by atoms with Crippen LogP contribution in [0.25, 0.3) is 0 Å². The average Bonchev–Trinajstić information content (AvgIpc) is 2.44. The van der Waals surface area contributed by atoms with E-state index >= 15 is 0 Å². The van der Waals surface area contributed by atoms with Gasteiger partial charge in [0.05, 0.1) is 0 Å². The Bertz CT molecular complexity index is 754. The Balaban J connectivity index is 2.35. The second-order valence-electron chi connectivity index (χ2n) is 6.19. The first-order chi connectivity index (χ1) is 11.2. The molecule has 0 unspecified atom stereocenters. The van der Waals surface area contributed by atoms with E-state index in [9.17, 15) is 9.36 Å². The van der Waals surface area contributed by atoms with Crippen LogP contribution in [0.3, 0.4) is 0 Å². The molecule has 24 heavy (non-hydrogen) atoms. The molecule has 128 valence electrons. The second-order valence-corrected chi connectivity index (χ2v) is 8.09. The molecule has 0 radical (unpaired) electrons. The molecule has 4 nitrogen and oxygen atoms in total. The van der Waals surface area contributed by atoms with Crippen LogP contribution in [0.4, 0.5) is 0 Å². The molecule has 0 bridgehead atoms. The minimum atomic E-state index is -3.65. The number of ketones is 1. The lowest BCUT2D eigenvalue weighted by atomic mass is 10.1. The van der Waals surface area contributed by atoms with Crippen molar-refractivity contribution in [3.05, 3.63) is 58.7 Å². The fourth-order valence-electron chi connectivity index (χ4n) is 2.46. The maximum absolute atomic E-state index is 13.2. The smallest absolute Gasteiger partial charge is 0.415 e. The number of Topliss-reactive ketones (excluding diaryl/α,β-unsaturated/α-hetero) is 1. The number of carbonyl (C=O) groups excluding carboxylic acids is 1. The van der Waals surface area contributed by atoms with Crippen molar-refractivity contribution in [2.75, 3.05) is 6.16 Å². The Hall–Kier alpha value is -2.06. The van der Waals surface area contributed by atoms with Crippen LogP contribution in [-0.4, -0.2) is 11.9 Å². The van der Waals surface area contributed by atoms with Crippen LogP contribution in [0.2, 0.25) is 0 Å². The zero-order valence-electron chi connectivity index (χ0n) is 14.8. The molecule has 0 saturated heterocycles. The quantitative estimate of drug-likeness (QED) is 0.678. The van der Waals surface area contributed by atoms with Crippen molar-refractivity contribution >= 4 is 13.4 Å². The fraction of sp³-hybridized carbons (Fsp3) is 0.316. The van der Waals surface area contributed by atoms with Gasteiger partial charge in [0.2, 0.25) is 0 Å². The van der Waals surface area contributed by atoms with Gasteiger partial charge in [-0.2, -0.15) is 0 Å². The van der Waals surface area contributed by atoms with Crippen LogP contribution in [0.1, 0.15) is 29.2 Å². The lowest BCUT2D eigenvalue weighted by Gasteiger charge is -2.21. The molecule has 0 amide bonds. The lowest BCUT2D eigenvalue weighted by molar-refractivity contribution is -0.114. The Morgan fingerprint density at radius 3 is 1.62 bits per heavy atom. The van der Waals surface area contributed by atoms with Crippen molar-refractivity contribution < 1.29 is 18.4 Å². The Morgan fingerprint density at radius 1 is 0.875 bits per heavy atom. The van der Waals surface area contributed by atoms with Gasteiger partial charge in [0.25, 0.3) is 0 Å². The van der Waals surface area contributed by atoms with Gasteiger partial charge in [0, 0.05) is 0 Å². The zero-order chi connectivity index (χ0) is 17.9. The van der Waals surface area contributed by atoms with E-state index in [0.717, 1.165) is 22.3 Å². The molecule has 0 atom stereocenters. The molecule has 5 heteroatoms. The molecule has 0 fully saturated rings. The number of hydrogen-bond donors (Lipinski definition) is 0. The summed E-state index contributed by atoms with van der Waals surface area (Å²) in [7, 11) is -3.65. The molecule has 0 aliphatic heterocycles. The zero-order valence-corrected chi connectivity index (χ0v) is 15.6. The number of aryl methyl sites for hydroxylation is 4. The predicted octanol–water partition coefficient (Wildman–Crippen LogP) is 5.16. The van der Waals surface area contributed by atoms with E-state index in [0.29, 0.717) is 11.5 Å². The number of rotatable bonds is 6. The van der Waals surface area contributed by atoms with Gasteiger partial charge in [-0.15, -0.1) is 0 Å². The molecular formula is C19H23O4P. The van der Waals surface area contributed by atoms with Crippen LogP contribution >= 0.6 is 7.60 Å². The summed E-state index contributed by atoms with van der Waals surface area (Å²) in [6.45, 7) is 9.06. The van der Waals surface area contributed by atoms with E-state index in [-0.39, 0.29) is 11.9 Å². The lowest BCUT2D eigenvalue weighted by Crippen LogP contribution is -2.11. The fourth-order valence-corrected chi connectivity index (χ4v) is 4.18. The number of benzene rings is 2. The van der Waals surface area contributed by atoms with Gasteiger partial charge < -0.3 is 9.05 Å². The normalized spacial score (nSPS) is 11.2. The number of carbonyl (C=O) groups is 1. The Labute approximate surface area is 143 Å². The highest BCUT2D eigenvalue weighted by atomic mass is 31.2. The summed E-state index contributed by atoms with van der Waals surface area (Å²) in [6, 6.07) is 11.1. The van der Waals surface area contributed by atoms with Gasteiger partial charge in [0.1, 0.15) is 23.4 Å². The van der Waals surface area contributed by atoms with Gasteiger partial charge in [-0.25, -0.2) is 4.57 Å². The molecule has 2 aromatic carbocycles. The maximum atomic E-state index is 13.2. The highest BCUT2D eigenvalue weighted by Crippen LogP contribution is 2.49. The molecule has 0 aromatic heterocycles. The van der Waals surface area contributed by atoms with Crippen molar-refractivity contribution in [3.8, 4) is 11.5 Å². The minimum Gasteiger partial charge on any atom is -0.415 e. The van der Waals surface area contributed by atoms with Crippen LogP contribution in [0, 0.1) is 27.7 Å². The second kappa shape index (κ2) is 7.23. The standard InChI is InChI=1S/C19H23O4P/c1-13-6-8-18(15(3)10-13)22-24(21,12-17(5)20)23-19-9-7-14(2)11-16(19)4/h6-11H,12H2,1-5H3. The summed E-state index contributed by atoms with van der Waals surface area (Å²) in [5.74, 6) is 0.692. The topological polar surface area (TPSA) is 52.6 Å². The van der Waals surface area contributed by atoms with Crippen LogP contribution in [-0.2, 0) is 9.36 Å². The molecule has 2 aromatic rings. The average molecular weight is 346 g/mol. The van der Waals surface area contributed by atoms with Crippen molar-refractivity contribution in [3.63, 3.8) is 0 Å². The summed E-state index contributed by atoms with van der Waals surface area (Å²) in [5.41, 5.74) is 3.86. The molecule has 0 aliphatic carbocycles. The number of hydrogen-bond acceptors (Lipinski definition) is 4. The highest BCUT2D eigenvalue weighted by molar-refractivity contribution is 7.55. The molecule has 0 aliphatic rings. The van der Waals surface area contributed by atoms with E-state index < -0.39 is 7.60 Å². The first kappa shape index (κ1) is 18.3. The third-order valence-corrected chi connectivity index (χ3v) is 5.33. The van der Waals surface area contributed by atoms with Gasteiger partial charge in [-0.3, -0.25) is 4.79 Å². The largest absolute Gasteiger partial charge is 0.438 e. The summed E-state index contributed by atoms with van der Waals surface area (Å²) in [6.07, 6.45) is -0.270. The van der Waals surface area contributed by atoms with E-state index in [1.54, 1.807) is 12.1 Å². The van der Waals surface area contributed by atoms with Crippen LogP contribution in [0.15, 0.2) is 36.4 Å². The first-order valence-electron chi connectivity index (χ1n) is 7.81. The third kappa shape index (κ3) is 4.72. The van der Waals surface area contributed by atoms with Gasteiger partial charge in [0.15, 0.2) is 0 Å². The van der Waals surface area contributed by atoms with Crippen molar-refractivity contribution in [2.45, 2.75) is 34.6 Å². The predicted molar refractivity (Wildman–Crippen MR) is 96.2 cm³/mol. The summed E-state index contributed by atoms with van der Waals surface area (Å²) in [5, 5.41) is 0. The van der Waals surface area contributed by atoms with E-state index in [1.165, 1.54) is 6.92 Å². The van der Waals surface area contributed by atoms with Gasteiger partial charge >= 0.3 is 7.60 Å². The van der Waals surface area contributed by atoms with E-state index in [2.05, 4.69) is 0 Å². The van der Waals surface area contributed by atoms with Gasteiger partial charge in [-0.1, -0.05) is 35.4 Å². The molecule has 2 rings (SSSR count). The Kier molecular flexibility index (Phi) is 5.51. The SMILES string of the molecule is CC(=O)CP(=O)(Oc1ccc(C)cc1C)Oc1ccc(C)cc1C. The van der Waals surface area contributed by atoms with Crippen molar-refractivity contribution in [2.24, 2.45) is 0 Å². The molecule has 0 N–H and O–H groups in total. The highest BCUT2D eigenvalue weighted by Gasteiger charge is 2.31.